The molecule has 1 aromatic carbocycles. The molecule has 0 saturated carbocycles. The van der Waals surface area contributed by atoms with Gasteiger partial charge in [-0.1, -0.05) is 17.7 Å². The maximum absolute atomic E-state index is 11.6. The maximum atomic E-state index is 11.6. The van der Waals surface area contributed by atoms with Gasteiger partial charge < -0.3 is 15.7 Å². The molecule has 1 heterocycles. The molecular weight excluding hydrogens is 284 g/mol. The average Bonchev–Trinajstić information content (AvgIpc) is 2.86. The Morgan fingerprint density at radius 1 is 1.32 bits per heavy atom. The fourth-order valence-electron chi connectivity index (χ4n) is 2.04. The second kappa shape index (κ2) is 6.75. The molecule has 0 aliphatic heterocycles. The van der Waals surface area contributed by atoms with Crippen molar-refractivity contribution in [1.29, 1.82) is 0 Å². The minimum atomic E-state index is -0.956. The highest BCUT2D eigenvalue weighted by Gasteiger charge is 2.07. The number of nitrogens with one attached hydrogen (secondary N) is 2. The van der Waals surface area contributed by atoms with Gasteiger partial charge >= 0.3 is 12.0 Å². The molecule has 3 N–H and O–H groups in total. The van der Waals surface area contributed by atoms with Gasteiger partial charge in [-0.25, -0.2) is 9.48 Å². The third kappa shape index (κ3) is 4.08. The van der Waals surface area contributed by atoms with Crippen molar-refractivity contribution in [3.05, 3.63) is 41.7 Å². The van der Waals surface area contributed by atoms with E-state index in [1.165, 1.54) is 11.8 Å². The number of rotatable bonds is 5. The van der Waals surface area contributed by atoms with E-state index in [-0.39, 0.29) is 13.0 Å². The fourth-order valence-corrected chi connectivity index (χ4v) is 2.04. The van der Waals surface area contributed by atoms with Crippen LogP contribution in [0.1, 0.15) is 17.5 Å². The summed E-state index contributed by atoms with van der Waals surface area (Å²) < 4.78 is 1.68. The van der Waals surface area contributed by atoms with E-state index in [9.17, 15) is 9.59 Å². The van der Waals surface area contributed by atoms with Gasteiger partial charge in [-0.15, -0.1) is 0 Å². The van der Waals surface area contributed by atoms with E-state index >= 15 is 0 Å². The van der Waals surface area contributed by atoms with Crippen molar-refractivity contribution in [3.63, 3.8) is 0 Å². The number of benzene rings is 1. The largest absolute Gasteiger partial charge is 0.481 e. The molecule has 116 valence electrons. The summed E-state index contributed by atoms with van der Waals surface area (Å²) >= 11 is 0. The first kappa shape index (κ1) is 15.6. The number of carbonyl (C=O) groups excluding carboxylic acids is 1. The van der Waals surface area contributed by atoms with Gasteiger partial charge in [0.05, 0.1) is 30.2 Å². The number of nitrogens with zero attached hydrogens (tertiary/aromatic N) is 2. The zero-order valence-corrected chi connectivity index (χ0v) is 12.5. The Morgan fingerprint density at radius 3 is 2.77 bits per heavy atom. The molecule has 0 radical (unpaired) electrons. The number of carboxylic acid groups (broad SMARTS) is 1. The molecule has 2 rings (SSSR count). The minimum absolute atomic E-state index is 0.0758. The molecule has 7 nitrogen and oxygen atoms in total. The predicted octanol–water partition coefficient (Wildman–Crippen LogP) is 2.09. The number of aryl methyl sites for hydroxylation is 2. The molecule has 0 atom stereocenters. The van der Waals surface area contributed by atoms with Crippen molar-refractivity contribution >= 4 is 17.7 Å². The number of anilines is 1. The summed E-state index contributed by atoms with van der Waals surface area (Å²) in [6.07, 6.45) is 3.12. The number of hydrogen-bond acceptors (Lipinski definition) is 3. The summed E-state index contributed by atoms with van der Waals surface area (Å²) in [7, 11) is 0. The first-order chi connectivity index (χ1) is 10.5. The lowest BCUT2D eigenvalue weighted by Gasteiger charge is -2.06. The number of urea groups is 1. The van der Waals surface area contributed by atoms with Crippen molar-refractivity contribution in [3.8, 4) is 5.69 Å². The van der Waals surface area contributed by atoms with E-state index in [1.54, 1.807) is 10.9 Å². The quantitative estimate of drug-likeness (QED) is 0.788. The number of aromatic nitrogens is 2. The lowest BCUT2D eigenvalue weighted by molar-refractivity contribution is -0.136. The van der Waals surface area contributed by atoms with Gasteiger partial charge in [0.1, 0.15) is 0 Å². The normalized spacial score (nSPS) is 10.3. The third-order valence-corrected chi connectivity index (χ3v) is 3.06. The Balaban J connectivity index is 1.99. The van der Waals surface area contributed by atoms with E-state index in [2.05, 4.69) is 21.8 Å². The Labute approximate surface area is 128 Å². The Bertz CT molecular complexity index is 694. The van der Waals surface area contributed by atoms with Gasteiger partial charge in [-0.3, -0.25) is 4.79 Å². The molecule has 0 unspecified atom stereocenters. The van der Waals surface area contributed by atoms with E-state index < -0.39 is 12.0 Å². The summed E-state index contributed by atoms with van der Waals surface area (Å²) in [5, 5.41) is 17.8. The van der Waals surface area contributed by atoms with E-state index in [4.69, 9.17) is 5.11 Å². The summed E-state index contributed by atoms with van der Waals surface area (Å²) in [5.74, 6) is -0.956. The van der Waals surface area contributed by atoms with Crippen LogP contribution < -0.4 is 10.6 Å². The van der Waals surface area contributed by atoms with Crippen LogP contribution >= 0.6 is 0 Å². The molecule has 0 aliphatic carbocycles. The SMILES string of the molecule is Cc1ccc(-n2cc(NC(=O)NCCC(=O)O)cn2)c(C)c1. The number of carboxylic acids is 1. The predicted molar refractivity (Wildman–Crippen MR) is 82.3 cm³/mol. The highest BCUT2D eigenvalue weighted by molar-refractivity contribution is 5.89. The Kier molecular flexibility index (Phi) is 4.77. The smallest absolute Gasteiger partial charge is 0.319 e. The number of carbonyl (C=O) groups is 2. The molecule has 2 aromatic rings. The van der Waals surface area contributed by atoms with Crippen LogP contribution in [-0.4, -0.2) is 33.4 Å². The van der Waals surface area contributed by atoms with Crippen molar-refractivity contribution in [2.75, 3.05) is 11.9 Å². The standard InChI is InChI=1S/C15H18N4O3/c1-10-3-4-13(11(2)7-10)19-9-12(8-17-19)18-15(22)16-6-5-14(20)21/h3-4,7-9H,5-6H2,1-2H3,(H,20,21)(H2,16,18,22). The van der Waals surface area contributed by atoms with Crippen LogP contribution in [0.4, 0.5) is 10.5 Å². The highest BCUT2D eigenvalue weighted by atomic mass is 16.4. The van der Waals surface area contributed by atoms with Gasteiger partial charge in [0.25, 0.3) is 0 Å². The summed E-state index contributed by atoms with van der Waals surface area (Å²) in [4.78, 5) is 22.0. The number of amides is 2. The second-order valence-electron chi connectivity index (χ2n) is 4.99. The summed E-state index contributed by atoms with van der Waals surface area (Å²) in [5.41, 5.74) is 3.72. The molecule has 0 bridgehead atoms. The Morgan fingerprint density at radius 2 is 2.09 bits per heavy atom. The first-order valence-electron chi connectivity index (χ1n) is 6.84. The summed E-state index contributed by atoms with van der Waals surface area (Å²) in [6.45, 7) is 4.09. The molecule has 7 heteroatoms. The zero-order valence-electron chi connectivity index (χ0n) is 12.5. The van der Waals surface area contributed by atoms with Crippen LogP contribution in [0, 0.1) is 13.8 Å². The average molecular weight is 302 g/mol. The first-order valence-corrected chi connectivity index (χ1v) is 6.84. The second-order valence-corrected chi connectivity index (χ2v) is 4.99. The van der Waals surface area contributed by atoms with Crippen LogP contribution in [0.3, 0.4) is 0 Å². The highest BCUT2D eigenvalue weighted by Crippen LogP contribution is 2.17. The minimum Gasteiger partial charge on any atom is -0.481 e. The van der Waals surface area contributed by atoms with Gasteiger partial charge in [0, 0.05) is 6.54 Å². The van der Waals surface area contributed by atoms with Crippen LogP contribution in [0.2, 0.25) is 0 Å². The monoisotopic (exact) mass is 302 g/mol. The van der Waals surface area contributed by atoms with E-state index in [0.717, 1.165) is 11.3 Å². The van der Waals surface area contributed by atoms with Gasteiger partial charge in [0.2, 0.25) is 0 Å². The van der Waals surface area contributed by atoms with Crippen molar-refractivity contribution < 1.29 is 14.7 Å². The molecule has 2 amide bonds. The molecule has 1 aromatic heterocycles. The van der Waals surface area contributed by atoms with Crippen molar-refractivity contribution in [2.24, 2.45) is 0 Å². The molecule has 0 aliphatic rings. The van der Waals surface area contributed by atoms with Crippen molar-refractivity contribution in [1.82, 2.24) is 15.1 Å². The molecule has 0 saturated heterocycles. The van der Waals surface area contributed by atoms with E-state index in [0.29, 0.717) is 5.69 Å². The molecule has 22 heavy (non-hydrogen) atoms. The summed E-state index contributed by atoms with van der Waals surface area (Å²) in [6, 6.07) is 5.56. The van der Waals surface area contributed by atoms with Crippen LogP contribution in [0.5, 0.6) is 0 Å². The molecule has 0 fully saturated rings. The third-order valence-electron chi connectivity index (χ3n) is 3.06. The lowest BCUT2D eigenvalue weighted by atomic mass is 10.1. The van der Waals surface area contributed by atoms with Gasteiger partial charge in [0.15, 0.2) is 0 Å². The molecule has 0 spiro atoms. The van der Waals surface area contributed by atoms with E-state index in [1.807, 2.05) is 26.0 Å². The number of aliphatic carboxylic acids is 1. The topological polar surface area (TPSA) is 96.2 Å². The van der Waals surface area contributed by atoms with Gasteiger partial charge in [-0.2, -0.15) is 5.10 Å². The zero-order chi connectivity index (χ0) is 16.1. The van der Waals surface area contributed by atoms with Crippen LogP contribution in [-0.2, 0) is 4.79 Å². The fraction of sp³-hybridized carbons (Fsp3) is 0.267. The molecular formula is C15H18N4O3. The van der Waals surface area contributed by atoms with Crippen LogP contribution in [0.15, 0.2) is 30.6 Å². The number of hydrogen-bond donors (Lipinski definition) is 3. The van der Waals surface area contributed by atoms with Gasteiger partial charge in [-0.05, 0) is 25.5 Å². The van der Waals surface area contributed by atoms with Crippen LogP contribution in [0.25, 0.3) is 5.69 Å². The van der Waals surface area contributed by atoms with Crippen molar-refractivity contribution in [2.45, 2.75) is 20.3 Å². The Hall–Kier alpha value is -2.83. The maximum Gasteiger partial charge on any atom is 0.319 e. The lowest BCUT2D eigenvalue weighted by Crippen LogP contribution is -2.30.